The molecule has 12 heavy (non-hydrogen) atoms. The molecule has 2 aliphatic heterocycles. The van der Waals surface area contributed by atoms with Crippen LogP contribution in [0, 0.1) is 0 Å². The zero-order chi connectivity index (χ0) is 8.72. The van der Waals surface area contributed by atoms with Gasteiger partial charge in [-0.05, 0) is 25.7 Å². The largest absolute Gasteiger partial charge is 0.393 e. The van der Waals surface area contributed by atoms with Crippen molar-refractivity contribution in [3.8, 4) is 0 Å². The number of nitrogens with zero attached hydrogens (tertiary/aromatic N) is 1. The van der Waals surface area contributed by atoms with Gasteiger partial charge >= 0.3 is 0 Å². The first-order valence-electron chi connectivity index (χ1n) is 4.38. The third-order valence-electron chi connectivity index (χ3n) is 2.93. The van der Waals surface area contributed by atoms with Crippen LogP contribution in [-0.2, 0) is 0 Å². The van der Waals surface area contributed by atoms with Gasteiger partial charge in [-0.15, -0.1) is 0 Å². The van der Waals surface area contributed by atoms with E-state index in [1.807, 2.05) is 4.90 Å². The van der Waals surface area contributed by atoms with Gasteiger partial charge in [0.25, 0.3) is 5.24 Å². The van der Waals surface area contributed by atoms with Crippen molar-refractivity contribution in [3.05, 3.63) is 0 Å². The highest BCUT2D eigenvalue weighted by molar-refractivity contribution is 7.96. The Bertz CT molecular complexity index is 195. The van der Waals surface area contributed by atoms with E-state index in [-0.39, 0.29) is 23.4 Å². The fraction of sp³-hybridized carbons (Fsp3) is 0.875. The van der Waals surface area contributed by atoms with Crippen molar-refractivity contribution in [1.29, 1.82) is 0 Å². The quantitative estimate of drug-likeness (QED) is 0.556. The molecule has 2 bridgehead atoms. The average Bonchev–Trinajstić information content (AvgIpc) is 2.24. The smallest absolute Gasteiger partial charge is 0.279 e. The van der Waals surface area contributed by atoms with Crippen LogP contribution in [0.4, 0.5) is 4.79 Å². The maximum absolute atomic E-state index is 11.1. The Morgan fingerprint density at radius 2 is 1.83 bits per heavy atom. The molecule has 4 heteroatoms. The van der Waals surface area contributed by atoms with Gasteiger partial charge in [-0.1, -0.05) is 12.6 Å². The molecular formula is C8H13NO2S. The number of rotatable bonds is 0. The van der Waals surface area contributed by atoms with Gasteiger partial charge in [-0.3, -0.25) is 4.79 Å². The van der Waals surface area contributed by atoms with Gasteiger partial charge < -0.3 is 10.0 Å². The molecule has 0 aromatic rings. The van der Waals surface area contributed by atoms with Crippen LogP contribution in [0.25, 0.3) is 0 Å². The summed E-state index contributed by atoms with van der Waals surface area (Å²) in [5.41, 5.74) is 0. The molecule has 0 radical (unpaired) electrons. The minimum atomic E-state index is -0.202. The SMILES string of the molecule is O=C(S)N1C2CCC1CC(O)C2. The van der Waals surface area contributed by atoms with Crippen LogP contribution in [0.3, 0.4) is 0 Å². The standard InChI is InChI=1S/C8H13NO2S/c10-7-3-5-1-2-6(4-7)9(5)8(11)12/h5-7,10H,1-4H2,(H,11,12). The molecule has 3 nitrogen and oxygen atoms in total. The molecule has 0 saturated carbocycles. The molecule has 2 heterocycles. The van der Waals surface area contributed by atoms with E-state index in [1.165, 1.54) is 0 Å². The number of amides is 1. The van der Waals surface area contributed by atoms with Crippen LogP contribution in [0.1, 0.15) is 25.7 Å². The molecule has 2 rings (SSSR count). The predicted molar refractivity (Wildman–Crippen MR) is 48.3 cm³/mol. The van der Waals surface area contributed by atoms with Gasteiger partial charge in [0.05, 0.1) is 6.10 Å². The van der Waals surface area contributed by atoms with E-state index in [2.05, 4.69) is 12.6 Å². The van der Waals surface area contributed by atoms with Gasteiger partial charge in [-0.2, -0.15) is 0 Å². The fourth-order valence-corrected chi connectivity index (χ4v) is 2.79. The number of carbonyl (C=O) groups is 1. The lowest BCUT2D eigenvalue weighted by Gasteiger charge is -2.35. The average molecular weight is 187 g/mol. The van der Waals surface area contributed by atoms with E-state index in [1.54, 1.807) is 0 Å². The highest BCUT2D eigenvalue weighted by Crippen LogP contribution is 2.36. The molecule has 2 unspecified atom stereocenters. The third kappa shape index (κ3) is 1.23. The van der Waals surface area contributed by atoms with E-state index in [0.29, 0.717) is 0 Å². The molecular weight excluding hydrogens is 174 g/mol. The number of hydrogen-bond donors (Lipinski definition) is 2. The number of carbonyl (C=O) groups excluding carboxylic acids is 1. The summed E-state index contributed by atoms with van der Waals surface area (Å²) < 4.78 is 0. The zero-order valence-corrected chi connectivity index (χ0v) is 7.70. The van der Waals surface area contributed by atoms with Gasteiger partial charge in [0.1, 0.15) is 0 Å². The van der Waals surface area contributed by atoms with E-state index >= 15 is 0 Å². The lowest BCUT2D eigenvalue weighted by molar-refractivity contribution is 0.0613. The monoisotopic (exact) mass is 187 g/mol. The minimum Gasteiger partial charge on any atom is -0.393 e. The molecule has 68 valence electrons. The van der Waals surface area contributed by atoms with Crippen molar-refractivity contribution in [2.45, 2.75) is 43.9 Å². The Kier molecular flexibility index (Phi) is 2.04. The molecule has 1 amide bonds. The lowest BCUT2D eigenvalue weighted by Crippen LogP contribution is -2.45. The highest BCUT2D eigenvalue weighted by atomic mass is 32.1. The zero-order valence-electron chi connectivity index (χ0n) is 6.81. The first-order chi connectivity index (χ1) is 5.68. The van der Waals surface area contributed by atoms with Gasteiger partial charge in [-0.25, -0.2) is 0 Å². The van der Waals surface area contributed by atoms with Crippen LogP contribution in [0.2, 0.25) is 0 Å². The van der Waals surface area contributed by atoms with Crippen molar-refractivity contribution in [2.24, 2.45) is 0 Å². The number of thiol groups is 1. The molecule has 2 fully saturated rings. The second kappa shape index (κ2) is 2.92. The van der Waals surface area contributed by atoms with Gasteiger partial charge in [0.2, 0.25) is 0 Å². The summed E-state index contributed by atoms with van der Waals surface area (Å²) >= 11 is 3.83. The van der Waals surface area contributed by atoms with Crippen LogP contribution >= 0.6 is 12.6 Å². The predicted octanol–water partition coefficient (Wildman–Crippen LogP) is 1.02. The Morgan fingerprint density at radius 3 is 2.25 bits per heavy atom. The molecule has 2 aliphatic rings. The maximum Gasteiger partial charge on any atom is 0.279 e. The van der Waals surface area contributed by atoms with Gasteiger partial charge in [0.15, 0.2) is 0 Å². The number of aliphatic hydroxyl groups excluding tert-OH is 1. The molecule has 1 N–H and O–H groups in total. The van der Waals surface area contributed by atoms with Crippen LogP contribution in [-0.4, -0.2) is 33.4 Å². The van der Waals surface area contributed by atoms with Crippen molar-refractivity contribution >= 4 is 17.9 Å². The number of piperidine rings is 1. The summed E-state index contributed by atoms with van der Waals surface area (Å²) in [6.45, 7) is 0. The normalized spacial score (nSPS) is 40.2. The second-order valence-electron chi connectivity index (χ2n) is 3.70. The Hall–Kier alpha value is -0.220. The first kappa shape index (κ1) is 8.38. The minimum absolute atomic E-state index is 0.130. The van der Waals surface area contributed by atoms with Crippen LogP contribution in [0.15, 0.2) is 0 Å². The Morgan fingerprint density at radius 1 is 1.33 bits per heavy atom. The second-order valence-corrected chi connectivity index (χ2v) is 4.08. The summed E-state index contributed by atoms with van der Waals surface area (Å²) in [4.78, 5) is 12.9. The maximum atomic E-state index is 11.1. The molecule has 2 atom stereocenters. The summed E-state index contributed by atoms with van der Waals surface area (Å²) in [6, 6.07) is 0.507. The van der Waals surface area contributed by atoms with Crippen molar-refractivity contribution in [2.75, 3.05) is 0 Å². The van der Waals surface area contributed by atoms with Crippen molar-refractivity contribution in [1.82, 2.24) is 4.90 Å². The molecule has 0 aromatic carbocycles. The molecule has 2 saturated heterocycles. The van der Waals surface area contributed by atoms with E-state index in [9.17, 15) is 9.90 Å². The topological polar surface area (TPSA) is 40.5 Å². The summed E-state index contributed by atoms with van der Waals surface area (Å²) in [6.07, 6.45) is 3.35. The molecule has 0 aliphatic carbocycles. The van der Waals surface area contributed by atoms with E-state index < -0.39 is 0 Å². The van der Waals surface area contributed by atoms with Crippen molar-refractivity contribution < 1.29 is 9.90 Å². The summed E-state index contributed by atoms with van der Waals surface area (Å²) in [5, 5.41) is 9.30. The van der Waals surface area contributed by atoms with E-state index in [0.717, 1.165) is 25.7 Å². The number of fused-ring (bicyclic) bond motifs is 2. The van der Waals surface area contributed by atoms with Crippen LogP contribution < -0.4 is 0 Å². The highest BCUT2D eigenvalue weighted by Gasteiger charge is 2.41. The van der Waals surface area contributed by atoms with Crippen molar-refractivity contribution in [3.63, 3.8) is 0 Å². The number of aliphatic hydroxyl groups is 1. The summed E-state index contributed by atoms with van der Waals surface area (Å²) in [7, 11) is 0. The van der Waals surface area contributed by atoms with Gasteiger partial charge in [0, 0.05) is 12.1 Å². The number of hydrogen-bond acceptors (Lipinski definition) is 2. The first-order valence-corrected chi connectivity index (χ1v) is 4.82. The molecule has 0 spiro atoms. The lowest BCUT2D eigenvalue weighted by atomic mass is 10.0. The third-order valence-corrected chi connectivity index (χ3v) is 3.16. The van der Waals surface area contributed by atoms with Crippen LogP contribution in [0.5, 0.6) is 0 Å². The Labute approximate surface area is 77.2 Å². The Balaban J connectivity index is 2.14. The van der Waals surface area contributed by atoms with E-state index in [4.69, 9.17) is 0 Å². The summed E-state index contributed by atoms with van der Waals surface area (Å²) in [5.74, 6) is 0. The molecule has 0 aromatic heterocycles. The fourth-order valence-electron chi connectivity index (χ4n) is 2.46.